The molecular weight excluding hydrogens is 482 g/mol. The molecule has 0 spiro atoms. The fourth-order valence-corrected chi connectivity index (χ4v) is 5.40. The van der Waals surface area contributed by atoms with E-state index < -0.39 is 36.9 Å². The lowest BCUT2D eigenvalue weighted by Crippen LogP contribution is -2.66. The Bertz CT molecular complexity index is 762. The van der Waals surface area contributed by atoms with Gasteiger partial charge in [0.25, 0.3) is 0 Å². The minimum Gasteiger partial charge on any atom is -0.388 e. The largest absolute Gasteiger partial charge is 0.388 e. The number of hydrogen-bond donors (Lipinski definition) is 2. The molecule has 0 unspecified atom stereocenters. The molecule has 2 aliphatic rings. The highest BCUT2D eigenvalue weighted by molar-refractivity contribution is 5.73. The lowest BCUT2D eigenvalue weighted by Gasteiger charge is -2.47. The third kappa shape index (κ3) is 10.6. The summed E-state index contributed by atoms with van der Waals surface area (Å²) < 4.78 is 24.1. The van der Waals surface area contributed by atoms with Crippen LogP contribution in [-0.4, -0.2) is 54.9 Å². The Kier molecular flexibility index (Phi) is 14.7. The number of benzene rings is 1. The molecule has 2 aliphatic heterocycles. The minimum absolute atomic E-state index is 0.243. The van der Waals surface area contributed by atoms with Gasteiger partial charge in [0.05, 0.1) is 6.61 Å². The van der Waals surface area contributed by atoms with E-state index in [9.17, 15) is 9.90 Å². The zero-order valence-corrected chi connectivity index (χ0v) is 23.7. The molecule has 1 aromatic carbocycles. The fourth-order valence-electron chi connectivity index (χ4n) is 5.40. The smallest absolute Gasteiger partial charge is 0.217 e. The number of nitrogens with one attached hydrogen (secondary N) is 1. The number of fused-ring (bicyclic) bond motifs is 1. The van der Waals surface area contributed by atoms with Crippen molar-refractivity contribution < 1.29 is 28.8 Å². The molecule has 1 aromatic rings. The molecule has 2 heterocycles. The number of unbranched alkanes of at least 4 members (excludes halogenated alkanes) is 13. The number of ether oxygens (including phenoxy) is 4. The monoisotopic (exact) mass is 533 g/mol. The number of aliphatic hydroxyl groups is 1. The van der Waals surface area contributed by atoms with Crippen molar-refractivity contribution in [3.05, 3.63) is 35.9 Å². The Morgan fingerprint density at radius 3 is 2.05 bits per heavy atom. The number of carbonyl (C=O) groups is 1. The fraction of sp³-hybridized carbons (Fsp3) is 0.774. The topological polar surface area (TPSA) is 86.2 Å². The van der Waals surface area contributed by atoms with Gasteiger partial charge >= 0.3 is 0 Å². The van der Waals surface area contributed by atoms with Crippen molar-refractivity contribution in [3.8, 4) is 0 Å². The van der Waals surface area contributed by atoms with Crippen LogP contribution in [0.1, 0.15) is 116 Å². The molecule has 7 nitrogen and oxygen atoms in total. The van der Waals surface area contributed by atoms with Crippen molar-refractivity contribution in [2.75, 3.05) is 13.2 Å². The predicted octanol–water partition coefficient (Wildman–Crippen LogP) is 6.19. The van der Waals surface area contributed by atoms with Gasteiger partial charge in [0, 0.05) is 19.1 Å². The first-order valence-electron chi connectivity index (χ1n) is 15.1. The molecule has 216 valence electrons. The summed E-state index contributed by atoms with van der Waals surface area (Å²) in [6.45, 7) is 4.51. The Morgan fingerprint density at radius 2 is 1.47 bits per heavy atom. The maximum Gasteiger partial charge on any atom is 0.217 e. The molecule has 3 rings (SSSR count). The zero-order valence-electron chi connectivity index (χ0n) is 23.7. The van der Waals surface area contributed by atoms with E-state index in [4.69, 9.17) is 18.9 Å². The van der Waals surface area contributed by atoms with Crippen LogP contribution < -0.4 is 5.32 Å². The highest BCUT2D eigenvalue weighted by atomic mass is 16.7. The van der Waals surface area contributed by atoms with Gasteiger partial charge in [0.1, 0.15) is 24.4 Å². The van der Waals surface area contributed by atoms with Gasteiger partial charge < -0.3 is 29.4 Å². The van der Waals surface area contributed by atoms with Crippen LogP contribution >= 0.6 is 0 Å². The van der Waals surface area contributed by atoms with Gasteiger partial charge in [0.2, 0.25) is 5.91 Å². The van der Waals surface area contributed by atoms with Gasteiger partial charge in [-0.05, 0) is 6.42 Å². The summed E-state index contributed by atoms with van der Waals surface area (Å²) in [6, 6.07) is 8.92. The summed E-state index contributed by atoms with van der Waals surface area (Å²) in [5.41, 5.74) is 0.880. The number of carbonyl (C=O) groups excluding carboxylic acids is 1. The quantitative estimate of drug-likeness (QED) is 0.219. The molecule has 7 heteroatoms. The minimum atomic E-state index is -0.964. The molecule has 0 aliphatic carbocycles. The number of amides is 1. The summed E-state index contributed by atoms with van der Waals surface area (Å²) >= 11 is 0. The van der Waals surface area contributed by atoms with E-state index in [1.807, 2.05) is 30.3 Å². The van der Waals surface area contributed by atoms with Gasteiger partial charge in [-0.15, -0.1) is 0 Å². The normalized spacial score (nSPS) is 27.1. The Morgan fingerprint density at radius 1 is 0.895 bits per heavy atom. The van der Waals surface area contributed by atoms with Crippen LogP contribution in [0, 0.1) is 0 Å². The SMILES string of the molecule is CCCCCCCCCCCCCCCCO[C@H]1O[C@H]2CO[C@H](c3ccccc3)O[C@@H]2[C@@H](O)[C@H]1NC(C)=O. The van der Waals surface area contributed by atoms with E-state index in [0.717, 1.165) is 18.4 Å². The maximum atomic E-state index is 11.9. The Labute approximate surface area is 230 Å². The van der Waals surface area contributed by atoms with Gasteiger partial charge in [-0.1, -0.05) is 121 Å². The lowest BCUT2D eigenvalue weighted by molar-refractivity contribution is -0.344. The first-order chi connectivity index (χ1) is 18.6. The highest BCUT2D eigenvalue weighted by Gasteiger charge is 2.50. The van der Waals surface area contributed by atoms with Crippen LogP contribution in [0.5, 0.6) is 0 Å². The Balaban J connectivity index is 1.30. The predicted molar refractivity (Wildman–Crippen MR) is 149 cm³/mol. The van der Waals surface area contributed by atoms with Crippen molar-refractivity contribution in [2.45, 2.75) is 141 Å². The molecule has 6 atom stereocenters. The van der Waals surface area contributed by atoms with Crippen LogP contribution in [0.25, 0.3) is 0 Å². The van der Waals surface area contributed by atoms with Crippen molar-refractivity contribution in [2.24, 2.45) is 0 Å². The molecule has 0 aromatic heterocycles. The van der Waals surface area contributed by atoms with Crippen LogP contribution in [0.2, 0.25) is 0 Å². The van der Waals surface area contributed by atoms with Gasteiger partial charge in [-0.25, -0.2) is 0 Å². The Hall–Kier alpha value is -1.51. The molecular formula is C31H51NO6. The van der Waals surface area contributed by atoms with Crippen LogP contribution in [0.3, 0.4) is 0 Å². The summed E-state index contributed by atoms with van der Waals surface area (Å²) in [5.74, 6) is -0.243. The maximum absolute atomic E-state index is 11.9. The third-order valence-corrected chi connectivity index (χ3v) is 7.59. The summed E-state index contributed by atoms with van der Waals surface area (Å²) in [6.07, 6.45) is 14.9. The molecule has 0 radical (unpaired) electrons. The zero-order chi connectivity index (χ0) is 27.0. The second kappa shape index (κ2) is 18.0. The first-order valence-corrected chi connectivity index (χ1v) is 15.1. The van der Waals surface area contributed by atoms with E-state index in [1.54, 1.807) is 0 Å². The molecule has 38 heavy (non-hydrogen) atoms. The van der Waals surface area contributed by atoms with Crippen molar-refractivity contribution in [1.29, 1.82) is 0 Å². The summed E-state index contributed by atoms with van der Waals surface area (Å²) in [7, 11) is 0. The van der Waals surface area contributed by atoms with E-state index >= 15 is 0 Å². The van der Waals surface area contributed by atoms with E-state index in [-0.39, 0.29) is 12.5 Å². The van der Waals surface area contributed by atoms with Gasteiger partial charge in [0.15, 0.2) is 12.6 Å². The molecule has 2 N–H and O–H groups in total. The molecule has 2 fully saturated rings. The average molecular weight is 534 g/mol. The number of aliphatic hydroxyl groups excluding tert-OH is 1. The second-order valence-corrected chi connectivity index (χ2v) is 10.9. The van der Waals surface area contributed by atoms with Crippen LogP contribution in [0.4, 0.5) is 0 Å². The van der Waals surface area contributed by atoms with E-state index in [1.165, 1.54) is 84.0 Å². The third-order valence-electron chi connectivity index (χ3n) is 7.59. The summed E-state index contributed by atoms with van der Waals surface area (Å²) in [4.78, 5) is 11.9. The average Bonchev–Trinajstić information content (AvgIpc) is 2.93. The van der Waals surface area contributed by atoms with Gasteiger partial charge in [-0.2, -0.15) is 0 Å². The summed E-state index contributed by atoms with van der Waals surface area (Å²) in [5, 5.41) is 13.9. The van der Waals surface area contributed by atoms with Gasteiger partial charge in [-0.3, -0.25) is 4.79 Å². The highest BCUT2D eigenvalue weighted by Crippen LogP contribution is 2.34. The second-order valence-electron chi connectivity index (χ2n) is 10.9. The first kappa shape index (κ1) is 31.0. The lowest BCUT2D eigenvalue weighted by atomic mass is 9.95. The van der Waals surface area contributed by atoms with E-state index in [0.29, 0.717) is 6.61 Å². The molecule has 2 saturated heterocycles. The number of rotatable bonds is 18. The standard InChI is InChI=1S/C31H51NO6/c1-3-4-5-6-7-8-9-10-11-12-13-14-15-19-22-35-31-27(32-24(2)33)28(34)29-26(37-31)23-36-30(38-29)25-20-17-16-18-21-25/h16-18,20-21,26-31,34H,3-15,19,22-23H2,1-2H3,(H,32,33)/t26-,27+,28-,29-,30-,31-/m0/s1. The van der Waals surface area contributed by atoms with Crippen LogP contribution in [-0.2, 0) is 23.7 Å². The number of hydrogen-bond acceptors (Lipinski definition) is 6. The molecule has 1 amide bonds. The van der Waals surface area contributed by atoms with Crippen molar-refractivity contribution >= 4 is 5.91 Å². The van der Waals surface area contributed by atoms with Crippen molar-refractivity contribution in [3.63, 3.8) is 0 Å². The van der Waals surface area contributed by atoms with E-state index in [2.05, 4.69) is 12.2 Å². The van der Waals surface area contributed by atoms with Crippen molar-refractivity contribution in [1.82, 2.24) is 5.32 Å². The van der Waals surface area contributed by atoms with Crippen LogP contribution in [0.15, 0.2) is 30.3 Å². The molecule has 0 bridgehead atoms. The molecule has 0 saturated carbocycles.